The van der Waals surface area contributed by atoms with Gasteiger partial charge in [0.1, 0.15) is 23.4 Å². The van der Waals surface area contributed by atoms with E-state index in [9.17, 15) is 22.8 Å². The summed E-state index contributed by atoms with van der Waals surface area (Å²) in [6, 6.07) is 6.77. The summed E-state index contributed by atoms with van der Waals surface area (Å²) in [5.74, 6) is -0.179. The molecule has 1 aromatic carbocycles. The van der Waals surface area contributed by atoms with Crippen molar-refractivity contribution in [3.05, 3.63) is 42.6 Å². The van der Waals surface area contributed by atoms with E-state index in [2.05, 4.69) is 28.9 Å². The lowest BCUT2D eigenvalue weighted by molar-refractivity contribution is -0.140. The van der Waals surface area contributed by atoms with Crippen LogP contribution in [0, 0.1) is 17.8 Å². The second kappa shape index (κ2) is 13.3. The highest BCUT2D eigenvalue weighted by Crippen LogP contribution is 2.47. The second-order valence-corrected chi connectivity index (χ2v) is 16.9. The third-order valence-corrected chi connectivity index (χ3v) is 12.6. The Balaban J connectivity index is 1.27. The topological polar surface area (TPSA) is 144 Å². The minimum atomic E-state index is -3.91. The normalized spacial score (nSPS) is 31.0. The van der Waals surface area contributed by atoms with Crippen LogP contribution in [0.2, 0.25) is 0 Å². The van der Waals surface area contributed by atoms with Crippen LogP contribution in [0.3, 0.4) is 0 Å². The van der Waals surface area contributed by atoms with E-state index in [4.69, 9.17) is 9.47 Å². The minimum absolute atomic E-state index is 0.117. The van der Waals surface area contributed by atoms with Crippen LogP contribution in [0.15, 0.2) is 42.6 Å². The minimum Gasteiger partial charge on any atom is -0.491 e. The number of sulfonamides is 1. The van der Waals surface area contributed by atoms with E-state index in [0.29, 0.717) is 37.0 Å². The molecule has 3 heterocycles. The number of nitrogens with zero attached hydrogens (tertiary/aromatic N) is 2. The van der Waals surface area contributed by atoms with E-state index in [1.54, 1.807) is 18.0 Å². The molecule has 2 aliphatic carbocycles. The van der Waals surface area contributed by atoms with Crippen LogP contribution in [0.1, 0.15) is 85.5 Å². The van der Waals surface area contributed by atoms with E-state index in [0.717, 1.165) is 36.5 Å². The Hall–Kier alpha value is -3.67. The van der Waals surface area contributed by atoms with E-state index in [1.165, 1.54) is 0 Å². The van der Waals surface area contributed by atoms with Crippen molar-refractivity contribution < 1.29 is 32.3 Å². The Labute approximate surface area is 283 Å². The quantitative estimate of drug-likeness (QED) is 0.384. The summed E-state index contributed by atoms with van der Waals surface area (Å²) in [7, 11) is -3.91. The van der Waals surface area contributed by atoms with Gasteiger partial charge >= 0.3 is 0 Å². The molecule has 1 saturated heterocycles. The molecule has 2 aliphatic heterocycles. The van der Waals surface area contributed by atoms with Crippen molar-refractivity contribution in [1.29, 1.82) is 0 Å². The van der Waals surface area contributed by atoms with Crippen LogP contribution < -0.4 is 19.5 Å². The lowest BCUT2D eigenvalue weighted by atomic mass is 9.91. The number of carbonyl (C=O) groups excluding carboxylic acids is 3. The van der Waals surface area contributed by atoms with E-state index >= 15 is 0 Å². The van der Waals surface area contributed by atoms with Gasteiger partial charge in [0.2, 0.25) is 27.7 Å². The molecule has 48 heavy (non-hydrogen) atoms. The number of ether oxygens (including phenoxy) is 2. The molecule has 3 amide bonds. The molecule has 11 nitrogen and oxygen atoms in total. The van der Waals surface area contributed by atoms with Crippen molar-refractivity contribution in [3.8, 4) is 11.6 Å². The van der Waals surface area contributed by atoms with Crippen LogP contribution >= 0.6 is 0 Å². The molecule has 6 rings (SSSR count). The first kappa shape index (κ1) is 34.2. The van der Waals surface area contributed by atoms with E-state index in [-0.39, 0.29) is 43.6 Å². The first-order valence-corrected chi connectivity index (χ1v) is 18.9. The number of hydrogen-bond donors (Lipinski definition) is 2. The molecule has 0 unspecified atom stereocenters. The standard InChI is InChI=1S/C36H48N4O7S/c1-5-16-46-30-21-37-33(28-13-9-8-12-27(28)30)47-26-19-29-32(42)38-36(34(43)39-48(44,45)35(4)14-15-35)20-25(36)11-7-6-10-23(2)17-24(3)18-31(41)40(29)22-26/h7-9,11-13,21,23-26,29H,5-6,10,14-20,22H2,1-4H3,(H,38,42)(H,39,43)/b11-7-/t23-,24+,25+,26+,29-,36+/m0/s1. The van der Waals surface area contributed by atoms with Gasteiger partial charge in [-0.1, -0.05) is 51.1 Å². The highest BCUT2D eigenvalue weighted by Gasteiger charge is 2.63. The third-order valence-electron chi connectivity index (χ3n) is 10.5. The largest absolute Gasteiger partial charge is 0.491 e. The fourth-order valence-corrected chi connectivity index (χ4v) is 8.45. The summed E-state index contributed by atoms with van der Waals surface area (Å²) >= 11 is 0. The van der Waals surface area contributed by atoms with Gasteiger partial charge in [0, 0.05) is 29.5 Å². The number of pyridine rings is 1. The number of carbonyl (C=O) groups is 3. The van der Waals surface area contributed by atoms with Gasteiger partial charge in [0.15, 0.2) is 0 Å². The van der Waals surface area contributed by atoms with Gasteiger partial charge in [-0.2, -0.15) is 0 Å². The molecule has 2 N–H and O–H groups in total. The SMILES string of the molecule is CCCOc1cnc(O[C@@H]2C[C@H]3C(=O)N[C@]4(C(=O)NS(=O)(=O)C5(C)CC5)C[C@H]4/C=C\CC[C@H](C)C[C@@H](C)CC(=O)N3C2)c2ccccc12. The van der Waals surface area contributed by atoms with Gasteiger partial charge in [-0.05, 0) is 69.8 Å². The van der Waals surface area contributed by atoms with Crippen LogP contribution in [-0.4, -0.2) is 71.6 Å². The average Bonchev–Trinajstić information content (AvgIpc) is 3.92. The smallest absolute Gasteiger partial charge is 0.259 e. The number of amides is 3. The number of benzene rings is 1. The lowest BCUT2D eigenvalue weighted by Gasteiger charge is -2.28. The first-order valence-electron chi connectivity index (χ1n) is 17.4. The summed E-state index contributed by atoms with van der Waals surface area (Å²) in [6.45, 7) is 8.63. The second-order valence-electron chi connectivity index (χ2n) is 14.7. The third kappa shape index (κ3) is 6.91. The molecule has 1 aromatic heterocycles. The molecule has 12 heteroatoms. The van der Waals surface area contributed by atoms with Gasteiger partial charge in [-0.3, -0.25) is 19.1 Å². The fraction of sp³-hybridized carbons (Fsp3) is 0.611. The van der Waals surface area contributed by atoms with Gasteiger partial charge in [-0.25, -0.2) is 13.4 Å². The molecular weight excluding hydrogens is 632 g/mol. The van der Waals surface area contributed by atoms with Crippen LogP contribution in [0.5, 0.6) is 11.6 Å². The van der Waals surface area contributed by atoms with Crippen LogP contribution in [0.4, 0.5) is 0 Å². The molecule has 6 atom stereocenters. The highest BCUT2D eigenvalue weighted by atomic mass is 32.2. The molecule has 0 spiro atoms. The van der Waals surface area contributed by atoms with Crippen LogP contribution in [-0.2, 0) is 24.4 Å². The monoisotopic (exact) mass is 680 g/mol. The molecule has 2 saturated carbocycles. The van der Waals surface area contributed by atoms with Crippen molar-refractivity contribution in [3.63, 3.8) is 0 Å². The Morgan fingerprint density at radius 2 is 1.88 bits per heavy atom. The number of fused-ring (bicyclic) bond motifs is 3. The summed E-state index contributed by atoms with van der Waals surface area (Å²) in [4.78, 5) is 47.8. The average molecular weight is 681 g/mol. The van der Waals surface area contributed by atoms with E-state index < -0.39 is 44.3 Å². The zero-order valence-electron chi connectivity index (χ0n) is 28.4. The number of nitrogens with one attached hydrogen (secondary N) is 2. The predicted octanol–water partition coefficient (Wildman–Crippen LogP) is 4.65. The summed E-state index contributed by atoms with van der Waals surface area (Å²) < 4.78 is 39.7. The number of hydrogen-bond acceptors (Lipinski definition) is 8. The Morgan fingerprint density at radius 1 is 1.12 bits per heavy atom. The predicted molar refractivity (Wildman–Crippen MR) is 182 cm³/mol. The molecule has 4 aliphatic rings. The van der Waals surface area contributed by atoms with Crippen molar-refractivity contribution >= 4 is 38.5 Å². The molecule has 0 radical (unpaired) electrons. The van der Waals surface area contributed by atoms with Crippen molar-refractivity contribution in [1.82, 2.24) is 19.9 Å². The Kier molecular flexibility index (Phi) is 9.50. The van der Waals surface area contributed by atoms with E-state index in [1.807, 2.05) is 43.3 Å². The highest BCUT2D eigenvalue weighted by molar-refractivity contribution is 7.91. The summed E-state index contributed by atoms with van der Waals surface area (Å²) in [6.07, 6.45) is 10.2. The first-order chi connectivity index (χ1) is 22.9. The number of allylic oxidation sites excluding steroid dienone is 1. The maximum absolute atomic E-state index is 14.1. The molecule has 2 aromatic rings. The van der Waals surface area contributed by atoms with Crippen molar-refractivity contribution in [2.24, 2.45) is 17.8 Å². The molecule has 0 bridgehead atoms. The maximum atomic E-state index is 14.1. The zero-order chi connectivity index (χ0) is 34.3. The van der Waals surface area contributed by atoms with Gasteiger partial charge in [0.25, 0.3) is 5.91 Å². The zero-order valence-corrected chi connectivity index (χ0v) is 29.2. The number of aromatic nitrogens is 1. The number of rotatable bonds is 8. The lowest BCUT2D eigenvalue weighted by Crippen LogP contribution is -2.57. The molecule has 3 fully saturated rings. The van der Waals surface area contributed by atoms with Gasteiger partial charge in [-0.15, -0.1) is 0 Å². The maximum Gasteiger partial charge on any atom is 0.259 e. The molecule has 260 valence electrons. The summed E-state index contributed by atoms with van der Waals surface area (Å²) in [5, 5.41) is 4.56. The fourth-order valence-electron chi connectivity index (χ4n) is 7.14. The van der Waals surface area contributed by atoms with Crippen LogP contribution in [0.25, 0.3) is 10.8 Å². The van der Waals surface area contributed by atoms with Gasteiger partial charge < -0.3 is 19.7 Å². The summed E-state index contributed by atoms with van der Waals surface area (Å²) in [5.41, 5.74) is -1.41. The van der Waals surface area contributed by atoms with Crippen molar-refractivity contribution in [2.75, 3.05) is 13.2 Å². The Bertz CT molecular complexity index is 1710. The van der Waals surface area contributed by atoms with Crippen molar-refractivity contribution in [2.45, 2.75) is 108 Å². The molecular formula is C36H48N4O7S. The Morgan fingerprint density at radius 3 is 2.60 bits per heavy atom. The van der Waals surface area contributed by atoms with Gasteiger partial charge in [0.05, 0.1) is 24.1 Å².